The number of aromatic nitrogens is 1. The van der Waals surface area contributed by atoms with E-state index in [1.165, 1.54) is 13.3 Å². The fourth-order valence-corrected chi connectivity index (χ4v) is 2.00. The van der Waals surface area contributed by atoms with E-state index in [4.69, 9.17) is 11.6 Å². The van der Waals surface area contributed by atoms with Crippen LogP contribution >= 0.6 is 23.4 Å². The quantitative estimate of drug-likeness (QED) is 0.606. The van der Waals surface area contributed by atoms with Crippen molar-refractivity contribution in [3.05, 3.63) is 22.8 Å². The predicted octanol–water partition coefficient (Wildman–Crippen LogP) is 3.02. The van der Waals surface area contributed by atoms with E-state index in [1.54, 1.807) is 17.8 Å². The van der Waals surface area contributed by atoms with Crippen LogP contribution in [0.5, 0.6) is 0 Å². The first-order chi connectivity index (χ1) is 7.04. The average molecular weight is 246 g/mol. The van der Waals surface area contributed by atoms with E-state index in [-0.39, 0.29) is 0 Å². The standard InChI is InChI=1S/C10H12ClNO2S/c1-6(2)15-9-8(11)4-7(5-12-9)10(13)14-3/h4-6H,1-3H3. The van der Waals surface area contributed by atoms with Gasteiger partial charge in [-0.15, -0.1) is 11.8 Å². The van der Waals surface area contributed by atoms with Crippen LogP contribution in [0.2, 0.25) is 5.02 Å². The molecule has 0 atom stereocenters. The molecule has 5 heteroatoms. The van der Waals surface area contributed by atoms with E-state index < -0.39 is 5.97 Å². The van der Waals surface area contributed by atoms with Crippen molar-refractivity contribution in [3.8, 4) is 0 Å². The van der Waals surface area contributed by atoms with Crippen LogP contribution in [0, 0.1) is 0 Å². The van der Waals surface area contributed by atoms with Gasteiger partial charge in [-0.05, 0) is 6.07 Å². The Kier molecular flexibility index (Phi) is 4.42. The van der Waals surface area contributed by atoms with Gasteiger partial charge in [0.05, 0.1) is 17.7 Å². The lowest BCUT2D eigenvalue weighted by Crippen LogP contribution is -2.02. The summed E-state index contributed by atoms with van der Waals surface area (Å²) in [7, 11) is 1.33. The van der Waals surface area contributed by atoms with Gasteiger partial charge in [0.1, 0.15) is 5.03 Å². The molecular weight excluding hydrogens is 234 g/mol. The molecule has 0 amide bonds. The molecule has 0 saturated carbocycles. The van der Waals surface area contributed by atoms with Crippen molar-refractivity contribution in [1.29, 1.82) is 0 Å². The highest BCUT2D eigenvalue weighted by Crippen LogP contribution is 2.28. The molecule has 0 bridgehead atoms. The van der Waals surface area contributed by atoms with E-state index >= 15 is 0 Å². The molecule has 0 unspecified atom stereocenters. The number of hydrogen-bond acceptors (Lipinski definition) is 4. The fourth-order valence-electron chi connectivity index (χ4n) is 0.965. The molecule has 15 heavy (non-hydrogen) atoms. The maximum absolute atomic E-state index is 11.2. The predicted molar refractivity (Wildman–Crippen MR) is 61.6 cm³/mol. The maximum atomic E-state index is 11.2. The second-order valence-corrected chi connectivity index (χ2v) is 5.14. The van der Waals surface area contributed by atoms with Gasteiger partial charge in [-0.1, -0.05) is 25.4 Å². The van der Waals surface area contributed by atoms with Gasteiger partial charge in [0.2, 0.25) is 0 Å². The van der Waals surface area contributed by atoms with Crippen LogP contribution in [-0.4, -0.2) is 23.3 Å². The number of halogens is 1. The highest BCUT2D eigenvalue weighted by Gasteiger charge is 2.11. The Balaban J connectivity index is 2.93. The lowest BCUT2D eigenvalue weighted by atomic mass is 10.3. The molecule has 1 heterocycles. The van der Waals surface area contributed by atoms with Gasteiger partial charge in [-0.25, -0.2) is 9.78 Å². The topological polar surface area (TPSA) is 39.2 Å². The largest absolute Gasteiger partial charge is 0.465 e. The Hall–Kier alpha value is -0.740. The van der Waals surface area contributed by atoms with Gasteiger partial charge >= 0.3 is 5.97 Å². The highest BCUT2D eigenvalue weighted by atomic mass is 35.5. The minimum absolute atomic E-state index is 0.371. The lowest BCUT2D eigenvalue weighted by molar-refractivity contribution is 0.0600. The van der Waals surface area contributed by atoms with E-state index in [9.17, 15) is 4.79 Å². The number of methoxy groups -OCH3 is 1. The molecule has 0 aliphatic heterocycles. The van der Waals surface area contributed by atoms with E-state index in [1.807, 2.05) is 0 Å². The summed E-state index contributed by atoms with van der Waals surface area (Å²) in [6.07, 6.45) is 1.47. The summed E-state index contributed by atoms with van der Waals surface area (Å²) in [5.41, 5.74) is 0.371. The highest BCUT2D eigenvalue weighted by molar-refractivity contribution is 7.99. The summed E-state index contributed by atoms with van der Waals surface area (Å²) in [5, 5.41) is 1.62. The molecule has 0 aromatic carbocycles. The second kappa shape index (κ2) is 5.37. The Bertz CT molecular complexity index is 368. The smallest absolute Gasteiger partial charge is 0.339 e. The van der Waals surface area contributed by atoms with Crippen molar-refractivity contribution in [1.82, 2.24) is 4.98 Å². The monoisotopic (exact) mass is 245 g/mol. The minimum atomic E-state index is -0.425. The summed E-state index contributed by atoms with van der Waals surface area (Å²) in [5.74, 6) is -0.425. The Morgan fingerprint density at radius 3 is 2.73 bits per heavy atom. The van der Waals surface area contributed by atoms with Crippen LogP contribution < -0.4 is 0 Å². The Morgan fingerprint density at radius 1 is 1.60 bits per heavy atom. The van der Waals surface area contributed by atoms with E-state index in [0.29, 0.717) is 15.8 Å². The van der Waals surface area contributed by atoms with Crippen molar-refractivity contribution in [3.63, 3.8) is 0 Å². The first kappa shape index (κ1) is 12.3. The number of carbonyl (C=O) groups excluding carboxylic acids is 1. The molecule has 0 spiro atoms. The van der Waals surface area contributed by atoms with E-state index in [2.05, 4.69) is 23.6 Å². The molecule has 0 aliphatic rings. The summed E-state index contributed by atoms with van der Waals surface area (Å²) in [6.45, 7) is 4.10. The van der Waals surface area contributed by atoms with Crippen LogP contribution in [0.15, 0.2) is 17.3 Å². The third-order valence-corrected chi connectivity index (χ3v) is 3.00. The van der Waals surface area contributed by atoms with Crippen molar-refractivity contribution in [2.45, 2.75) is 24.1 Å². The van der Waals surface area contributed by atoms with Gasteiger partial charge in [-0.3, -0.25) is 0 Å². The van der Waals surface area contributed by atoms with Crippen LogP contribution in [0.1, 0.15) is 24.2 Å². The molecule has 1 aromatic heterocycles. The SMILES string of the molecule is COC(=O)c1cnc(SC(C)C)c(Cl)c1. The first-order valence-corrected chi connectivity index (χ1v) is 5.71. The molecule has 82 valence electrons. The zero-order valence-corrected chi connectivity index (χ0v) is 10.4. The number of hydrogen-bond donors (Lipinski definition) is 0. The zero-order valence-electron chi connectivity index (χ0n) is 8.78. The zero-order chi connectivity index (χ0) is 11.4. The van der Waals surface area contributed by atoms with Crippen LogP contribution in [0.4, 0.5) is 0 Å². The van der Waals surface area contributed by atoms with Crippen molar-refractivity contribution in [2.24, 2.45) is 0 Å². The average Bonchev–Trinajstić information content (AvgIpc) is 2.19. The van der Waals surface area contributed by atoms with Crippen molar-refractivity contribution >= 4 is 29.3 Å². The maximum Gasteiger partial charge on any atom is 0.339 e. The van der Waals surface area contributed by atoms with Gasteiger partial charge in [0, 0.05) is 11.4 Å². The number of pyridine rings is 1. The number of esters is 1. The molecule has 0 N–H and O–H groups in total. The second-order valence-electron chi connectivity index (χ2n) is 3.17. The number of nitrogens with zero attached hydrogens (tertiary/aromatic N) is 1. The first-order valence-electron chi connectivity index (χ1n) is 4.45. The summed E-state index contributed by atoms with van der Waals surface area (Å²) in [6, 6.07) is 1.57. The van der Waals surface area contributed by atoms with Crippen LogP contribution in [0.25, 0.3) is 0 Å². The normalized spacial score (nSPS) is 10.5. The lowest BCUT2D eigenvalue weighted by Gasteiger charge is -2.06. The molecule has 0 aliphatic carbocycles. The Labute approximate surface area is 98.2 Å². The van der Waals surface area contributed by atoms with Gasteiger partial charge in [0.25, 0.3) is 0 Å². The number of thioether (sulfide) groups is 1. The van der Waals surface area contributed by atoms with Crippen molar-refractivity contribution < 1.29 is 9.53 Å². The summed E-state index contributed by atoms with van der Waals surface area (Å²) < 4.78 is 4.57. The van der Waals surface area contributed by atoms with Crippen LogP contribution in [0.3, 0.4) is 0 Å². The Morgan fingerprint density at radius 2 is 2.27 bits per heavy atom. The molecule has 1 aromatic rings. The third-order valence-electron chi connectivity index (χ3n) is 1.58. The molecule has 0 fully saturated rings. The van der Waals surface area contributed by atoms with Crippen molar-refractivity contribution in [2.75, 3.05) is 7.11 Å². The number of carbonyl (C=O) groups is 1. The minimum Gasteiger partial charge on any atom is -0.465 e. The van der Waals surface area contributed by atoms with Crippen LogP contribution in [-0.2, 0) is 4.74 Å². The molecule has 0 radical (unpaired) electrons. The van der Waals surface area contributed by atoms with Gasteiger partial charge in [0.15, 0.2) is 0 Å². The molecular formula is C10H12ClNO2S. The summed E-state index contributed by atoms with van der Waals surface area (Å²) >= 11 is 7.54. The summed E-state index contributed by atoms with van der Waals surface area (Å²) in [4.78, 5) is 15.3. The number of rotatable bonds is 3. The molecule has 1 rings (SSSR count). The fraction of sp³-hybridized carbons (Fsp3) is 0.400. The third kappa shape index (κ3) is 3.39. The van der Waals surface area contributed by atoms with Gasteiger partial charge in [-0.2, -0.15) is 0 Å². The van der Waals surface area contributed by atoms with E-state index in [0.717, 1.165) is 5.03 Å². The van der Waals surface area contributed by atoms with Gasteiger partial charge < -0.3 is 4.74 Å². The molecule has 0 saturated heterocycles. The number of ether oxygens (including phenoxy) is 1. The molecule has 3 nitrogen and oxygen atoms in total.